The van der Waals surface area contributed by atoms with Gasteiger partial charge in [0.15, 0.2) is 0 Å². The molecule has 2 aromatic rings. The highest BCUT2D eigenvalue weighted by Crippen LogP contribution is 2.25. The van der Waals surface area contributed by atoms with Crippen molar-refractivity contribution in [2.75, 3.05) is 36.5 Å². The third-order valence-corrected chi connectivity index (χ3v) is 3.26. The molecule has 0 aliphatic carbocycles. The molecule has 5 heteroatoms. The van der Waals surface area contributed by atoms with Gasteiger partial charge >= 0.3 is 0 Å². The molecule has 0 aliphatic heterocycles. The number of fused-ring (bicyclic) bond motifs is 1. The van der Waals surface area contributed by atoms with Gasteiger partial charge in [0, 0.05) is 31.6 Å². The van der Waals surface area contributed by atoms with Gasteiger partial charge in [-0.15, -0.1) is 0 Å². The van der Waals surface area contributed by atoms with Gasteiger partial charge in [-0.2, -0.15) is 4.98 Å². The number of aliphatic hydroxyl groups excluding tert-OH is 1. The van der Waals surface area contributed by atoms with Gasteiger partial charge in [-0.05, 0) is 32.4 Å². The van der Waals surface area contributed by atoms with Gasteiger partial charge in [-0.3, -0.25) is 0 Å². The molecule has 0 fully saturated rings. The van der Waals surface area contributed by atoms with E-state index in [9.17, 15) is 0 Å². The van der Waals surface area contributed by atoms with Crippen LogP contribution in [0.3, 0.4) is 0 Å². The SMILES string of the molecule is CCN(CC)c1nc(NCCCO)nc2ccccc12. The Morgan fingerprint density at radius 1 is 1.15 bits per heavy atom. The fourth-order valence-electron chi connectivity index (χ4n) is 2.18. The quantitative estimate of drug-likeness (QED) is 0.758. The summed E-state index contributed by atoms with van der Waals surface area (Å²) in [7, 11) is 0. The summed E-state index contributed by atoms with van der Waals surface area (Å²) in [4.78, 5) is 11.4. The van der Waals surface area contributed by atoms with Crippen LogP contribution in [0.4, 0.5) is 11.8 Å². The number of anilines is 2. The first kappa shape index (κ1) is 14.5. The number of para-hydroxylation sites is 1. The van der Waals surface area contributed by atoms with E-state index in [0.29, 0.717) is 18.9 Å². The number of nitrogens with one attached hydrogen (secondary N) is 1. The molecule has 1 aromatic carbocycles. The van der Waals surface area contributed by atoms with E-state index >= 15 is 0 Å². The van der Waals surface area contributed by atoms with Gasteiger partial charge in [0.25, 0.3) is 0 Å². The predicted molar refractivity (Wildman–Crippen MR) is 83.3 cm³/mol. The molecule has 0 unspecified atom stereocenters. The van der Waals surface area contributed by atoms with Gasteiger partial charge < -0.3 is 15.3 Å². The lowest BCUT2D eigenvalue weighted by Crippen LogP contribution is -2.24. The van der Waals surface area contributed by atoms with Gasteiger partial charge in [0.05, 0.1) is 5.52 Å². The standard InChI is InChI=1S/C15H22N4O/c1-3-19(4-2)14-12-8-5-6-9-13(12)17-15(18-14)16-10-7-11-20/h5-6,8-9,20H,3-4,7,10-11H2,1-2H3,(H,16,17,18). The number of benzene rings is 1. The number of aromatic nitrogens is 2. The maximum atomic E-state index is 8.85. The molecule has 0 saturated carbocycles. The molecule has 2 N–H and O–H groups in total. The van der Waals surface area contributed by atoms with E-state index in [-0.39, 0.29) is 6.61 Å². The summed E-state index contributed by atoms with van der Waals surface area (Å²) >= 11 is 0. The zero-order chi connectivity index (χ0) is 14.4. The summed E-state index contributed by atoms with van der Waals surface area (Å²) in [5.74, 6) is 1.59. The molecule has 0 atom stereocenters. The maximum absolute atomic E-state index is 8.85. The topological polar surface area (TPSA) is 61.3 Å². The highest BCUT2D eigenvalue weighted by molar-refractivity contribution is 5.90. The fraction of sp³-hybridized carbons (Fsp3) is 0.467. The van der Waals surface area contributed by atoms with Gasteiger partial charge in [0.1, 0.15) is 5.82 Å². The van der Waals surface area contributed by atoms with E-state index in [2.05, 4.69) is 40.1 Å². The molecule has 0 spiro atoms. The van der Waals surface area contributed by atoms with Gasteiger partial charge in [-0.25, -0.2) is 4.98 Å². The lowest BCUT2D eigenvalue weighted by Gasteiger charge is -2.22. The second-order valence-corrected chi connectivity index (χ2v) is 4.56. The smallest absolute Gasteiger partial charge is 0.225 e. The number of hydrogen-bond donors (Lipinski definition) is 2. The Kier molecular flexibility index (Phi) is 5.12. The minimum absolute atomic E-state index is 0.170. The largest absolute Gasteiger partial charge is 0.396 e. The summed E-state index contributed by atoms with van der Waals surface area (Å²) in [6.07, 6.45) is 0.691. The molecule has 1 heterocycles. The minimum Gasteiger partial charge on any atom is -0.396 e. The van der Waals surface area contributed by atoms with E-state index < -0.39 is 0 Å². The second-order valence-electron chi connectivity index (χ2n) is 4.56. The van der Waals surface area contributed by atoms with Crippen molar-refractivity contribution in [3.63, 3.8) is 0 Å². The van der Waals surface area contributed by atoms with Crippen LogP contribution in [0.15, 0.2) is 24.3 Å². The Morgan fingerprint density at radius 2 is 1.90 bits per heavy atom. The number of aliphatic hydroxyl groups is 1. The van der Waals surface area contributed by atoms with Crippen LogP contribution in [-0.2, 0) is 0 Å². The molecule has 0 bridgehead atoms. The maximum Gasteiger partial charge on any atom is 0.225 e. The summed E-state index contributed by atoms with van der Waals surface area (Å²) in [6.45, 7) is 6.91. The average molecular weight is 274 g/mol. The van der Waals surface area contributed by atoms with Crippen LogP contribution in [0.25, 0.3) is 10.9 Å². The summed E-state index contributed by atoms with van der Waals surface area (Å²) in [5, 5.41) is 13.1. The zero-order valence-corrected chi connectivity index (χ0v) is 12.1. The molecular weight excluding hydrogens is 252 g/mol. The van der Waals surface area contributed by atoms with Gasteiger partial charge in [-0.1, -0.05) is 12.1 Å². The first-order chi connectivity index (χ1) is 9.80. The number of hydrogen-bond acceptors (Lipinski definition) is 5. The van der Waals surface area contributed by atoms with Crippen molar-refractivity contribution in [3.8, 4) is 0 Å². The minimum atomic E-state index is 0.170. The van der Waals surface area contributed by atoms with E-state index in [4.69, 9.17) is 5.11 Å². The van der Waals surface area contributed by atoms with Crippen molar-refractivity contribution >= 4 is 22.7 Å². The third kappa shape index (κ3) is 3.17. The Balaban J connectivity index is 2.41. The van der Waals surface area contributed by atoms with E-state index in [1.165, 1.54) is 0 Å². The van der Waals surface area contributed by atoms with Crippen molar-refractivity contribution < 1.29 is 5.11 Å². The predicted octanol–water partition coefficient (Wildman–Crippen LogP) is 2.27. The summed E-state index contributed by atoms with van der Waals surface area (Å²) in [6, 6.07) is 8.05. The van der Waals surface area contributed by atoms with E-state index in [1.807, 2.05) is 18.2 Å². The van der Waals surface area contributed by atoms with Gasteiger partial charge in [0.2, 0.25) is 5.95 Å². The van der Waals surface area contributed by atoms with Crippen molar-refractivity contribution in [1.29, 1.82) is 0 Å². The van der Waals surface area contributed by atoms with Crippen LogP contribution in [0.5, 0.6) is 0 Å². The Labute approximate surface area is 119 Å². The molecule has 0 amide bonds. The number of nitrogens with zero attached hydrogens (tertiary/aromatic N) is 3. The molecule has 0 radical (unpaired) electrons. The molecule has 2 rings (SSSR count). The van der Waals surface area contributed by atoms with Crippen molar-refractivity contribution in [3.05, 3.63) is 24.3 Å². The average Bonchev–Trinajstić information content (AvgIpc) is 2.49. The highest BCUT2D eigenvalue weighted by atomic mass is 16.3. The molecule has 1 aromatic heterocycles. The van der Waals surface area contributed by atoms with Crippen molar-refractivity contribution in [2.45, 2.75) is 20.3 Å². The first-order valence-electron chi connectivity index (χ1n) is 7.16. The Bertz CT molecular complexity index is 555. The molecular formula is C15H22N4O. The molecule has 0 saturated heterocycles. The lowest BCUT2D eigenvalue weighted by molar-refractivity contribution is 0.292. The Hall–Kier alpha value is -1.88. The van der Waals surface area contributed by atoms with Crippen LogP contribution in [-0.4, -0.2) is 41.3 Å². The summed E-state index contributed by atoms with van der Waals surface area (Å²) < 4.78 is 0. The highest BCUT2D eigenvalue weighted by Gasteiger charge is 2.11. The normalized spacial score (nSPS) is 10.8. The lowest BCUT2D eigenvalue weighted by atomic mass is 10.2. The van der Waals surface area contributed by atoms with Crippen molar-refractivity contribution in [1.82, 2.24) is 9.97 Å². The van der Waals surface area contributed by atoms with Crippen LogP contribution in [0.2, 0.25) is 0 Å². The third-order valence-electron chi connectivity index (χ3n) is 3.26. The van der Waals surface area contributed by atoms with Crippen molar-refractivity contribution in [2.24, 2.45) is 0 Å². The summed E-state index contributed by atoms with van der Waals surface area (Å²) in [5.41, 5.74) is 0.941. The van der Waals surface area contributed by atoms with Crippen LogP contribution < -0.4 is 10.2 Å². The molecule has 108 valence electrons. The monoisotopic (exact) mass is 274 g/mol. The van der Waals surface area contributed by atoms with E-state index in [0.717, 1.165) is 29.8 Å². The number of rotatable bonds is 7. The Morgan fingerprint density at radius 3 is 2.60 bits per heavy atom. The molecule has 20 heavy (non-hydrogen) atoms. The fourth-order valence-corrected chi connectivity index (χ4v) is 2.18. The van der Waals surface area contributed by atoms with Crippen LogP contribution >= 0.6 is 0 Å². The van der Waals surface area contributed by atoms with Crippen LogP contribution in [0.1, 0.15) is 20.3 Å². The van der Waals surface area contributed by atoms with E-state index in [1.54, 1.807) is 0 Å². The zero-order valence-electron chi connectivity index (χ0n) is 12.1. The van der Waals surface area contributed by atoms with Crippen LogP contribution in [0, 0.1) is 0 Å². The first-order valence-corrected chi connectivity index (χ1v) is 7.16. The molecule has 5 nitrogen and oxygen atoms in total. The second kappa shape index (κ2) is 7.05. The molecule has 0 aliphatic rings.